The van der Waals surface area contributed by atoms with E-state index in [4.69, 9.17) is 9.47 Å². The van der Waals surface area contributed by atoms with E-state index in [1.807, 2.05) is 19.1 Å². The number of H-pyrrole nitrogens is 1. The van der Waals surface area contributed by atoms with E-state index in [0.717, 1.165) is 17.6 Å². The number of rotatable bonds is 1. The molecule has 0 aliphatic carbocycles. The Balaban J connectivity index is 1.93. The zero-order valence-electron chi connectivity index (χ0n) is 11.2. The molecule has 2 aliphatic heterocycles. The Morgan fingerprint density at radius 1 is 1.35 bits per heavy atom. The second kappa shape index (κ2) is 3.96. The van der Waals surface area contributed by atoms with Gasteiger partial charge in [0.25, 0.3) is 0 Å². The molecular weight excluding hydrogens is 254 g/mol. The van der Waals surface area contributed by atoms with Crippen LogP contribution in [-0.4, -0.2) is 17.6 Å². The first kappa shape index (κ1) is 11.7. The van der Waals surface area contributed by atoms with Crippen molar-refractivity contribution < 1.29 is 14.3 Å². The molecule has 1 N–H and O–H groups in total. The van der Waals surface area contributed by atoms with Crippen molar-refractivity contribution in [2.45, 2.75) is 18.9 Å². The molecule has 4 heteroatoms. The van der Waals surface area contributed by atoms with Crippen LogP contribution in [0.4, 0.5) is 0 Å². The Labute approximate surface area is 116 Å². The summed E-state index contributed by atoms with van der Waals surface area (Å²) in [7, 11) is 0. The molecule has 102 valence electrons. The number of para-hydroxylation sites is 1. The van der Waals surface area contributed by atoms with E-state index in [1.54, 1.807) is 6.08 Å². The number of fused-ring (bicyclic) bond motifs is 3. The molecular formula is C16H15NO3. The van der Waals surface area contributed by atoms with Gasteiger partial charge in [-0.25, -0.2) is 0 Å². The number of aromatic amines is 1. The van der Waals surface area contributed by atoms with Crippen molar-refractivity contribution >= 4 is 16.9 Å². The summed E-state index contributed by atoms with van der Waals surface area (Å²) in [4.78, 5) is 15.4. The van der Waals surface area contributed by atoms with Gasteiger partial charge in [0, 0.05) is 10.9 Å². The molecule has 0 saturated heterocycles. The lowest BCUT2D eigenvalue weighted by atomic mass is 9.82. The first-order valence-electron chi connectivity index (χ1n) is 6.81. The van der Waals surface area contributed by atoms with Gasteiger partial charge in [0.15, 0.2) is 0 Å². The van der Waals surface area contributed by atoms with Crippen LogP contribution in [0.2, 0.25) is 0 Å². The van der Waals surface area contributed by atoms with Gasteiger partial charge in [0.05, 0.1) is 18.6 Å². The maximum absolute atomic E-state index is 11.9. The highest BCUT2D eigenvalue weighted by Gasteiger charge is 2.47. The van der Waals surface area contributed by atoms with Crippen LogP contribution in [0.25, 0.3) is 10.9 Å². The van der Waals surface area contributed by atoms with Crippen LogP contribution in [0.5, 0.6) is 0 Å². The largest absolute Gasteiger partial charge is 0.434 e. The van der Waals surface area contributed by atoms with Gasteiger partial charge in [-0.1, -0.05) is 18.2 Å². The van der Waals surface area contributed by atoms with E-state index in [-0.39, 0.29) is 5.97 Å². The number of cyclic esters (lactones) is 1. The van der Waals surface area contributed by atoms with Gasteiger partial charge in [-0.15, -0.1) is 0 Å². The molecule has 2 aliphatic rings. The number of ether oxygens (including phenoxy) is 2. The third-order valence-electron chi connectivity index (χ3n) is 4.37. The number of nitrogens with one attached hydrogen (secondary N) is 1. The minimum Gasteiger partial charge on any atom is -0.434 e. The molecule has 0 radical (unpaired) electrons. The average Bonchev–Trinajstić information content (AvgIpc) is 3.04. The summed E-state index contributed by atoms with van der Waals surface area (Å²) < 4.78 is 11.0. The lowest BCUT2D eigenvalue weighted by Gasteiger charge is -2.36. The topological polar surface area (TPSA) is 51.3 Å². The van der Waals surface area contributed by atoms with Gasteiger partial charge >= 0.3 is 5.97 Å². The molecule has 0 spiro atoms. The summed E-state index contributed by atoms with van der Waals surface area (Å²) in [5, 5.41) is 1.22. The molecule has 0 saturated carbocycles. The molecule has 1 aromatic carbocycles. The molecule has 0 bridgehead atoms. The second-order valence-electron chi connectivity index (χ2n) is 5.47. The highest BCUT2D eigenvalue weighted by Crippen LogP contribution is 2.43. The van der Waals surface area contributed by atoms with Crippen molar-refractivity contribution in [3.05, 3.63) is 47.9 Å². The van der Waals surface area contributed by atoms with Crippen LogP contribution < -0.4 is 0 Å². The number of hydrogen-bond donors (Lipinski definition) is 1. The SMILES string of the molecule is CC1(C2C=COC2=O)OCCc2c1[nH]c1ccccc21. The first-order valence-corrected chi connectivity index (χ1v) is 6.81. The van der Waals surface area contributed by atoms with Crippen molar-refractivity contribution in [1.82, 2.24) is 4.98 Å². The number of esters is 1. The van der Waals surface area contributed by atoms with Crippen molar-refractivity contribution in [2.75, 3.05) is 6.61 Å². The molecule has 2 atom stereocenters. The Kier molecular flexibility index (Phi) is 2.32. The van der Waals surface area contributed by atoms with Crippen LogP contribution in [0, 0.1) is 5.92 Å². The Morgan fingerprint density at radius 3 is 3.00 bits per heavy atom. The fourth-order valence-corrected chi connectivity index (χ4v) is 3.31. The molecule has 2 aromatic rings. The maximum Gasteiger partial charge on any atom is 0.321 e. The van der Waals surface area contributed by atoms with Gasteiger partial charge in [-0.05, 0) is 31.1 Å². The monoisotopic (exact) mass is 269 g/mol. The van der Waals surface area contributed by atoms with E-state index in [9.17, 15) is 4.79 Å². The normalized spacial score (nSPS) is 28.6. The summed E-state index contributed by atoms with van der Waals surface area (Å²) in [6.07, 6.45) is 4.10. The summed E-state index contributed by atoms with van der Waals surface area (Å²) >= 11 is 0. The zero-order valence-corrected chi connectivity index (χ0v) is 11.2. The van der Waals surface area contributed by atoms with E-state index >= 15 is 0 Å². The lowest BCUT2D eigenvalue weighted by molar-refractivity contribution is -0.152. The fraction of sp³-hybridized carbons (Fsp3) is 0.312. The Bertz CT molecular complexity index is 730. The fourth-order valence-electron chi connectivity index (χ4n) is 3.31. The number of carbonyl (C=O) groups is 1. The molecule has 4 rings (SSSR count). The molecule has 3 heterocycles. The molecule has 1 aromatic heterocycles. The van der Waals surface area contributed by atoms with Crippen LogP contribution in [0.15, 0.2) is 36.6 Å². The van der Waals surface area contributed by atoms with Crippen molar-refractivity contribution in [2.24, 2.45) is 5.92 Å². The van der Waals surface area contributed by atoms with E-state index < -0.39 is 11.5 Å². The van der Waals surface area contributed by atoms with Crippen LogP contribution in [0.3, 0.4) is 0 Å². The first-order chi connectivity index (χ1) is 9.70. The Hall–Kier alpha value is -2.07. The summed E-state index contributed by atoms with van der Waals surface area (Å²) in [5.74, 6) is -0.645. The van der Waals surface area contributed by atoms with Crippen molar-refractivity contribution in [3.63, 3.8) is 0 Å². The quantitative estimate of drug-likeness (QED) is 0.810. The highest BCUT2D eigenvalue weighted by molar-refractivity contribution is 5.86. The van der Waals surface area contributed by atoms with Gasteiger partial charge in [0.2, 0.25) is 0 Å². The predicted molar refractivity (Wildman–Crippen MR) is 74.0 cm³/mol. The summed E-state index contributed by atoms with van der Waals surface area (Å²) in [6.45, 7) is 2.57. The summed E-state index contributed by atoms with van der Waals surface area (Å²) in [5.41, 5.74) is 2.65. The van der Waals surface area contributed by atoms with E-state index in [1.165, 1.54) is 17.2 Å². The van der Waals surface area contributed by atoms with Crippen molar-refractivity contribution in [1.29, 1.82) is 0 Å². The highest BCUT2D eigenvalue weighted by atomic mass is 16.5. The number of aromatic nitrogens is 1. The second-order valence-corrected chi connectivity index (χ2v) is 5.47. The minimum absolute atomic E-state index is 0.251. The third kappa shape index (κ3) is 1.42. The summed E-state index contributed by atoms with van der Waals surface area (Å²) in [6, 6.07) is 8.20. The van der Waals surface area contributed by atoms with E-state index in [0.29, 0.717) is 6.61 Å². The van der Waals surface area contributed by atoms with Crippen molar-refractivity contribution in [3.8, 4) is 0 Å². The van der Waals surface area contributed by atoms with Gasteiger partial charge in [0.1, 0.15) is 11.5 Å². The number of hydrogen-bond acceptors (Lipinski definition) is 3. The molecule has 0 amide bonds. The van der Waals surface area contributed by atoms with E-state index in [2.05, 4.69) is 17.1 Å². The van der Waals surface area contributed by atoms with Gasteiger partial charge in [-0.3, -0.25) is 4.79 Å². The minimum atomic E-state index is -0.684. The third-order valence-corrected chi connectivity index (χ3v) is 4.37. The zero-order chi connectivity index (χ0) is 13.7. The van der Waals surface area contributed by atoms with Crippen LogP contribution in [-0.2, 0) is 26.3 Å². The maximum atomic E-state index is 11.9. The Morgan fingerprint density at radius 2 is 2.20 bits per heavy atom. The number of benzene rings is 1. The average molecular weight is 269 g/mol. The van der Waals surface area contributed by atoms with Crippen LogP contribution in [0.1, 0.15) is 18.2 Å². The van der Waals surface area contributed by atoms with Crippen LogP contribution >= 0.6 is 0 Å². The predicted octanol–water partition coefficient (Wildman–Crippen LogP) is 2.64. The lowest BCUT2D eigenvalue weighted by Crippen LogP contribution is -2.41. The smallest absolute Gasteiger partial charge is 0.321 e. The number of carbonyl (C=O) groups excluding carboxylic acids is 1. The standard InChI is InChI=1S/C16H15NO3/c1-16(12-7-8-19-15(12)18)14-11(6-9-20-16)10-4-2-3-5-13(10)17-14/h2-5,7-8,12,17H,6,9H2,1H3. The van der Waals surface area contributed by atoms with Gasteiger partial charge < -0.3 is 14.5 Å². The molecule has 20 heavy (non-hydrogen) atoms. The molecule has 2 unspecified atom stereocenters. The van der Waals surface area contributed by atoms with Gasteiger partial charge in [-0.2, -0.15) is 0 Å². The molecule has 4 nitrogen and oxygen atoms in total. The molecule has 0 fully saturated rings.